The molecule has 0 spiro atoms. The molecule has 0 unspecified atom stereocenters. The van der Waals surface area contributed by atoms with Crippen LogP contribution in [0.3, 0.4) is 0 Å². The number of aliphatic imine (C=N–C) groups is 2. The van der Waals surface area contributed by atoms with Gasteiger partial charge in [-0.1, -0.05) is 6.58 Å². The van der Waals surface area contributed by atoms with E-state index in [1.165, 1.54) is 0 Å². The molecule has 0 aromatic carbocycles. The molecule has 24 heavy (non-hydrogen) atoms. The molecular weight excluding hydrogens is 350 g/mol. The molecule has 2 aliphatic rings. The number of allylic oxidation sites excluding steroid dienone is 6. The number of nitrogens with two attached hydrogens (primary N) is 1. The van der Waals surface area contributed by atoms with Crippen LogP contribution >= 0.6 is 0 Å². The van der Waals surface area contributed by atoms with E-state index in [-0.39, 0.29) is 0 Å². The monoisotopic (exact) mass is 364 g/mol. The zero-order chi connectivity index (χ0) is 16.9. The summed E-state index contributed by atoms with van der Waals surface area (Å²) < 4.78 is 2.10. The Morgan fingerprint density at radius 1 is 1.00 bits per heavy atom. The molecule has 0 bridgehead atoms. The fourth-order valence-corrected chi connectivity index (χ4v) is 2.77. The van der Waals surface area contributed by atoms with Crippen molar-refractivity contribution in [2.75, 3.05) is 0 Å². The molecule has 2 aliphatic heterocycles. The summed E-state index contributed by atoms with van der Waals surface area (Å²) in [7, 11) is 0. The number of H-pyrrole nitrogens is 1. The number of aromatic amines is 1. The van der Waals surface area contributed by atoms with Crippen molar-refractivity contribution in [1.29, 1.82) is 0 Å². The van der Waals surface area contributed by atoms with E-state index in [9.17, 15) is 0 Å². The summed E-state index contributed by atoms with van der Waals surface area (Å²) in [5.41, 5.74) is 12.1. The molecular formula is C19H16N4Zn. The Bertz CT molecular complexity index is 902. The van der Waals surface area contributed by atoms with Crippen molar-refractivity contribution in [3.63, 3.8) is 0 Å². The molecule has 0 amide bonds. The number of nitrogens with one attached hydrogen (secondary N) is 1. The average molecular weight is 366 g/mol. The van der Waals surface area contributed by atoms with Gasteiger partial charge in [0.1, 0.15) is 0 Å². The van der Waals surface area contributed by atoms with Crippen molar-refractivity contribution in [1.82, 2.24) is 4.98 Å². The Kier molecular flexibility index (Phi) is 4.92. The van der Waals surface area contributed by atoms with Gasteiger partial charge < -0.3 is 5.73 Å². The molecule has 4 nitrogen and oxygen atoms in total. The van der Waals surface area contributed by atoms with Crippen molar-refractivity contribution in [2.24, 2.45) is 15.7 Å². The first-order valence-electron chi connectivity index (χ1n) is 7.54. The van der Waals surface area contributed by atoms with E-state index in [1.54, 1.807) is 6.08 Å². The number of rotatable bonds is 5. The summed E-state index contributed by atoms with van der Waals surface area (Å²) in [6.07, 6.45) is 15.4. The van der Waals surface area contributed by atoms with Gasteiger partial charge in [0.15, 0.2) is 0 Å². The SMILES string of the molecule is C=CC(N)=Cc1ccc(C=C2C=CC(C=C3C=CC([CH]=[Zn])=N3)=N2)[nH]1. The number of hydrogen-bond acceptors (Lipinski definition) is 3. The van der Waals surface area contributed by atoms with Crippen molar-refractivity contribution in [3.05, 3.63) is 83.6 Å². The first-order valence-corrected chi connectivity index (χ1v) is 9.25. The number of hydrogen-bond donors (Lipinski definition) is 2. The Hall–Kier alpha value is -2.65. The Balaban J connectivity index is 1.76. The van der Waals surface area contributed by atoms with E-state index in [2.05, 4.69) is 26.2 Å². The van der Waals surface area contributed by atoms with Gasteiger partial charge in [-0.2, -0.15) is 0 Å². The molecule has 0 aliphatic carbocycles. The van der Waals surface area contributed by atoms with E-state index in [0.717, 1.165) is 52.1 Å². The van der Waals surface area contributed by atoms with Crippen LogP contribution < -0.4 is 5.73 Å². The molecule has 3 N–H and O–H groups in total. The minimum atomic E-state index is 0.625. The Morgan fingerprint density at radius 3 is 2.38 bits per heavy atom. The van der Waals surface area contributed by atoms with Crippen LogP contribution in [-0.2, 0) is 17.9 Å². The molecule has 0 fully saturated rings. The van der Waals surface area contributed by atoms with E-state index in [4.69, 9.17) is 5.73 Å². The van der Waals surface area contributed by atoms with Gasteiger partial charge in [-0.25, -0.2) is 0 Å². The van der Waals surface area contributed by atoms with E-state index in [1.807, 2.05) is 54.7 Å². The third-order valence-corrected chi connectivity index (χ3v) is 4.34. The third kappa shape index (κ3) is 4.00. The van der Waals surface area contributed by atoms with Crippen LogP contribution in [0.1, 0.15) is 11.4 Å². The molecule has 114 valence electrons. The summed E-state index contributed by atoms with van der Waals surface area (Å²) in [5.74, 6) is 0. The first kappa shape index (κ1) is 16.2. The van der Waals surface area contributed by atoms with Gasteiger partial charge in [0, 0.05) is 5.70 Å². The summed E-state index contributed by atoms with van der Waals surface area (Å²) in [5, 5.41) is 0. The van der Waals surface area contributed by atoms with E-state index in [0.29, 0.717) is 5.70 Å². The summed E-state index contributed by atoms with van der Waals surface area (Å²) >= 11 is 1.11. The van der Waals surface area contributed by atoms with Gasteiger partial charge in [-0.05, 0) is 12.2 Å². The third-order valence-electron chi connectivity index (χ3n) is 3.46. The molecule has 0 saturated heterocycles. The second kappa shape index (κ2) is 7.28. The second-order valence-corrected chi connectivity index (χ2v) is 6.16. The normalized spacial score (nSPS) is 20.0. The van der Waals surface area contributed by atoms with Crippen molar-refractivity contribution in [3.8, 4) is 0 Å². The van der Waals surface area contributed by atoms with Crippen LogP contribution in [0.5, 0.6) is 0 Å². The predicted octanol–water partition coefficient (Wildman–Crippen LogP) is 3.10. The van der Waals surface area contributed by atoms with E-state index >= 15 is 0 Å². The van der Waals surface area contributed by atoms with Crippen LogP contribution in [0, 0.1) is 0 Å². The molecule has 1 aromatic rings. The van der Waals surface area contributed by atoms with Gasteiger partial charge in [-0.3, -0.25) is 0 Å². The minimum absolute atomic E-state index is 0.625. The van der Waals surface area contributed by atoms with Gasteiger partial charge in [0.2, 0.25) is 0 Å². The van der Waals surface area contributed by atoms with Gasteiger partial charge in [0.05, 0.1) is 0 Å². The molecule has 3 rings (SSSR count). The fourth-order valence-electron chi connectivity index (χ4n) is 2.29. The predicted molar refractivity (Wildman–Crippen MR) is 98.4 cm³/mol. The van der Waals surface area contributed by atoms with Gasteiger partial charge in [0.25, 0.3) is 0 Å². The van der Waals surface area contributed by atoms with Crippen molar-refractivity contribution in [2.45, 2.75) is 0 Å². The van der Waals surface area contributed by atoms with Crippen LogP contribution in [0.2, 0.25) is 0 Å². The van der Waals surface area contributed by atoms with Crippen LogP contribution in [0.4, 0.5) is 0 Å². The topological polar surface area (TPSA) is 66.5 Å². The van der Waals surface area contributed by atoms with Crippen molar-refractivity contribution < 1.29 is 17.9 Å². The van der Waals surface area contributed by atoms with Crippen LogP contribution in [0.25, 0.3) is 12.2 Å². The fraction of sp³-hybridized carbons (Fsp3) is 0. The maximum atomic E-state index is 5.75. The Labute approximate surface area is 150 Å². The summed E-state index contributed by atoms with van der Waals surface area (Å²) in [6, 6.07) is 3.96. The summed E-state index contributed by atoms with van der Waals surface area (Å²) in [6.45, 7) is 3.64. The summed E-state index contributed by atoms with van der Waals surface area (Å²) in [4.78, 5) is 12.4. The van der Waals surface area contributed by atoms with Gasteiger partial charge >= 0.3 is 120 Å². The molecule has 0 saturated carbocycles. The Morgan fingerprint density at radius 2 is 1.67 bits per heavy atom. The van der Waals surface area contributed by atoms with Gasteiger partial charge in [-0.15, -0.1) is 0 Å². The number of aromatic nitrogens is 1. The second-order valence-electron chi connectivity index (χ2n) is 5.30. The molecule has 0 atom stereocenters. The standard InChI is InChI=1S/C19H16N4.Zn/c1-3-14(20)10-15-6-7-18(22-15)12-19-9-8-17(23-19)11-16-5-4-13(2)21-16;/h2-12,22H,1,20H2;. The molecule has 1 aromatic heterocycles. The van der Waals surface area contributed by atoms with E-state index < -0.39 is 0 Å². The first-order chi connectivity index (χ1) is 11.7. The average Bonchev–Trinajstić information content (AvgIpc) is 3.30. The zero-order valence-electron chi connectivity index (χ0n) is 13.2. The van der Waals surface area contributed by atoms with Crippen LogP contribution in [-0.4, -0.2) is 21.0 Å². The van der Waals surface area contributed by atoms with Crippen molar-refractivity contribution >= 4 is 28.2 Å². The zero-order valence-corrected chi connectivity index (χ0v) is 16.2. The molecule has 3 heterocycles. The molecule has 5 heteroatoms. The maximum absolute atomic E-state index is 5.75. The quantitative estimate of drug-likeness (QED) is 0.611. The molecule has 0 radical (unpaired) electrons. The number of nitrogens with zero attached hydrogens (tertiary/aromatic N) is 2. The van der Waals surface area contributed by atoms with Crippen LogP contribution in [0.15, 0.2) is 82.2 Å².